The molecule has 0 saturated carbocycles. The number of nitrogens with zero attached hydrogens (tertiary/aromatic N) is 2. The Hall–Kier alpha value is -1.83. The number of fused-ring (bicyclic) bond motifs is 5. The molecule has 170 valence electrons. The third-order valence-corrected chi connectivity index (χ3v) is 6.94. The van der Waals surface area contributed by atoms with Crippen LogP contribution in [-0.4, -0.2) is 40.3 Å². The second kappa shape index (κ2) is 10.2. The summed E-state index contributed by atoms with van der Waals surface area (Å²) < 4.78 is 1.93. The zero-order chi connectivity index (χ0) is 19.8. The summed E-state index contributed by atoms with van der Waals surface area (Å²) in [5.41, 5.74) is 4.78. The van der Waals surface area contributed by atoms with Gasteiger partial charge in [-0.25, -0.2) is 0 Å². The van der Waals surface area contributed by atoms with Crippen LogP contribution in [0.3, 0.4) is 0 Å². The van der Waals surface area contributed by atoms with E-state index >= 15 is 0 Å². The fourth-order valence-corrected chi connectivity index (χ4v) is 5.46. The van der Waals surface area contributed by atoms with Gasteiger partial charge < -0.3 is 15.2 Å². The molecule has 3 N–H and O–H groups in total. The van der Waals surface area contributed by atoms with Crippen LogP contribution in [0.4, 0.5) is 0 Å². The van der Waals surface area contributed by atoms with E-state index < -0.39 is 0 Å². The van der Waals surface area contributed by atoms with Gasteiger partial charge >= 0.3 is 0 Å². The minimum Gasteiger partial charge on any atom is -0.354 e. The standard InChI is InChI=1S/C22H29N5O2.2ClH/c28-21(9-8-18-16-4-1-2-5-17(16)25-26-18)24-13-20-15-10-14(11-23-12-15)19-6-3-7-22(29)27(19)20;;/h3,6-7,14-15,20,23H,1-2,4-5,8-13H2,(H,24,28)(H,25,26);2*1H/t14-,15+,20+;;/m1../s1. The molecular formula is C22H31Cl2N5O2. The first-order chi connectivity index (χ1) is 14.2. The zero-order valence-corrected chi connectivity index (χ0v) is 19.2. The number of carbonyl (C=O) groups excluding carboxylic acids is 1. The van der Waals surface area contributed by atoms with Crippen molar-refractivity contribution in [3.8, 4) is 0 Å². The predicted octanol–water partition coefficient (Wildman–Crippen LogP) is 2.29. The fourth-order valence-electron chi connectivity index (χ4n) is 5.46. The summed E-state index contributed by atoms with van der Waals surface area (Å²) in [5.74, 6) is 0.800. The molecule has 2 aliphatic heterocycles. The van der Waals surface area contributed by atoms with Crippen LogP contribution in [0.15, 0.2) is 23.0 Å². The largest absolute Gasteiger partial charge is 0.354 e. The van der Waals surface area contributed by atoms with Crippen LogP contribution in [0.1, 0.15) is 60.3 Å². The molecule has 1 saturated heterocycles. The SMILES string of the molecule is Cl.Cl.O=C(CCc1n[nH]c2c1CCCC2)NC[C@H]1[C@@H]2CNC[C@@H](C2)c2cccc(=O)n21. The fraction of sp³-hybridized carbons (Fsp3) is 0.591. The molecule has 2 bridgehead atoms. The van der Waals surface area contributed by atoms with Crippen LogP contribution >= 0.6 is 24.8 Å². The Bertz CT molecular complexity index is 973. The van der Waals surface area contributed by atoms with Gasteiger partial charge in [-0.05, 0) is 49.7 Å². The molecule has 2 aromatic rings. The summed E-state index contributed by atoms with van der Waals surface area (Å²) in [6.45, 7) is 2.33. The average Bonchev–Trinajstić information content (AvgIpc) is 3.16. The Labute approximate surface area is 194 Å². The first kappa shape index (κ1) is 23.8. The van der Waals surface area contributed by atoms with E-state index in [1.54, 1.807) is 6.07 Å². The van der Waals surface area contributed by atoms with Gasteiger partial charge in [0.05, 0.1) is 11.7 Å². The first-order valence-electron chi connectivity index (χ1n) is 10.9. The lowest BCUT2D eigenvalue weighted by atomic mass is 9.79. The first-order valence-corrected chi connectivity index (χ1v) is 10.9. The summed E-state index contributed by atoms with van der Waals surface area (Å²) in [6, 6.07) is 5.56. The molecule has 0 spiro atoms. The number of piperidine rings is 1. The average molecular weight is 468 g/mol. The third-order valence-electron chi connectivity index (χ3n) is 6.94. The van der Waals surface area contributed by atoms with E-state index in [0.29, 0.717) is 31.2 Å². The van der Waals surface area contributed by atoms with Gasteiger partial charge in [0.1, 0.15) is 0 Å². The van der Waals surface area contributed by atoms with Crippen LogP contribution in [0, 0.1) is 5.92 Å². The monoisotopic (exact) mass is 467 g/mol. The number of H-pyrrole nitrogens is 1. The van der Waals surface area contributed by atoms with Gasteiger partial charge in [0, 0.05) is 55.8 Å². The highest BCUT2D eigenvalue weighted by Crippen LogP contribution is 2.38. The topological polar surface area (TPSA) is 91.8 Å². The van der Waals surface area contributed by atoms with E-state index in [2.05, 4.69) is 26.9 Å². The van der Waals surface area contributed by atoms with Gasteiger partial charge in [-0.3, -0.25) is 14.7 Å². The van der Waals surface area contributed by atoms with E-state index in [-0.39, 0.29) is 42.3 Å². The summed E-state index contributed by atoms with van der Waals surface area (Å²) in [7, 11) is 0. The number of hydrogen-bond donors (Lipinski definition) is 3. The van der Waals surface area contributed by atoms with Crippen LogP contribution in [0.5, 0.6) is 0 Å². The Morgan fingerprint density at radius 3 is 2.90 bits per heavy atom. The van der Waals surface area contributed by atoms with Crippen molar-refractivity contribution in [1.29, 1.82) is 0 Å². The van der Waals surface area contributed by atoms with E-state index in [9.17, 15) is 9.59 Å². The van der Waals surface area contributed by atoms with Gasteiger partial charge in [-0.15, -0.1) is 24.8 Å². The van der Waals surface area contributed by atoms with Gasteiger partial charge in [-0.2, -0.15) is 5.10 Å². The predicted molar refractivity (Wildman–Crippen MR) is 125 cm³/mol. The molecule has 9 heteroatoms. The molecule has 3 aliphatic rings. The number of halogens is 2. The minimum absolute atomic E-state index is 0. The second-order valence-electron chi connectivity index (χ2n) is 8.72. The van der Waals surface area contributed by atoms with E-state index in [0.717, 1.165) is 43.7 Å². The molecule has 7 nitrogen and oxygen atoms in total. The van der Waals surface area contributed by atoms with Crippen molar-refractivity contribution in [1.82, 2.24) is 25.4 Å². The number of nitrogens with one attached hydrogen (secondary N) is 3. The van der Waals surface area contributed by atoms with Gasteiger partial charge in [0.2, 0.25) is 5.91 Å². The minimum atomic E-state index is 0. The number of amides is 1. The molecule has 0 radical (unpaired) electrons. The number of rotatable bonds is 5. The van der Waals surface area contributed by atoms with E-state index in [1.807, 2.05) is 10.6 Å². The highest BCUT2D eigenvalue weighted by molar-refractivity contribution is 5.85. The van der Waals surface area contributed by atoms with Crippen molar-refractivity contribution in [2.75, 3.05) is 19.6 Å². The van der Waals surface area contributed by atoms with Crippen molar-refractivity contribution < 1.29 is 4.79 Å². The molecule has 31 heavy (non-hydrogen) atoms. The van der Waals surface area contributed by atoms with Gasteiger partial charge in [-0.1, -0.05) is 6.07 Å². The second-order valence-corrected chi connectivity index (χ2v) is 8.72. The van der Waals surface area contributed by atoms with E-state index in [1.165, 1.54) is 24.1 Å². The van der Waals surface area contributed by atoms with Crippen LogP contribution < -0.4 is 16.2 Å². The lowest BCUT2D eigenvalue weighted by Gasteiger charge is -2.43. The number of aryl methyl sites for hydroxylation is 2. The molecule has 1 amide bonds. The molecule has 1 aliphatic carbocycles. The molecular weight excluding hydrogens is 437 g/mol. The van der Waals surface area contributed by atoms with Gasteiger partial charge in [0.15, 0.2) is 0 Å². The number of pyridine rings is 1. The van der Waals surface area contributed by atoms with Crippen molar-refractivity contribution in [2.24, 2.45) is 5.92 Å². The molecule has 4 heterocycles. The normalized spacial score (nSPS) is 23.5. The highest BCUT2D eigenvalue weighted by Gasteiger charge is 2.37. The molecule has 3 atom stereocenters. The maximum atomic E-state index is 12.6. The number of aromatic nitrogens is 3. The van der Waals surface area contributed by atoms with Crippen LogP contribution in [0.25, 0.3) is 0 Å². The summed E-state index contributed by atoms with van der Waals surface area (Å²) in [5, 5.41) is 14.2. The molecule has 5 rings (SSSR count). The van der Waals surface area contributed by atoms with Crippen molar-refractivity contribution in [2.45, 2.75) is 56.9 Å². The summed E-state index contributed by atoms with van der Waals surface area (Å²) in [6.07, 6.45) is 6.75. The molecule has 2 aromatic heterocycles. The smallest absolute Gasteiger partial charge is 0.251 e. The summed E-state index contributed by atoms with van der Waals surface area (Å²) in [4.78, 5) is 25.2. The van der Waals surface area contributed by atoms with Crippen LogP contribution in [-0.2, 0) is 24.1 Å². The Morgan fingerprint density at radius 1 is 1.19 bits per heavy atom. The lowest BCUT2D eigenvalue weighted by molar-refractivity contribution is -0.121. The van der Waals surface area contributed by atoms with Crippen LogP contribution in [0.2, 0.25) is 0 Å². The Balaban J connectivity index is 0.00000136. The number of aromatic amines is 1. The lowest BCUT2D eigenvalue weighted by Crippen LogP contribution is -2.50. The van der Waals surface area contributed by atoms with Crippen molar-refractivity contribution in [3.63, 3.8) is 0 Å². The highest BCUT2D eigenvalue weighted by atomic mass is 35.5. The molecule has 1 fully saturated rings. The maximum absolute atomic E-state index is 12.6. The van der Waals surface area contributed by atoms with E-state index in [4.69, 9.17) is 0 Å². The number of hydrogen-bond acceptors (Lipinski definition) is 4. The van der Waals surface area contributed by atoms with Crippen molar-refractivity contribution in [3.05, 3.63) is 51.2 Å². The quantitative estimate of drug-likeness (QED) is 0.628. The Morgan fingerprint density at radius 2 is 2.03 bits per heavy atom. The third kappa shape index (κ3) is 4.69. The van der Waals surface area contributed by atoms with Gasteiger partial charge in [0.25, 0.3) is 5.56 Å². The zero-order valence-electron chi connectivity index (χ0n) is 17.6. The Kier molecular flexibility index (Phi) is 7.83. The molecule has 0 unspecified atom stereocenters. The number of carbonyl (C=O) groups is 1. The summed E-state index contributed by atoms with van der Waals surface area (Å²) >= 11 is 0. The molecule has 0 aromatic carbocycles. The van der Waals surface area contributed by atoms with Crippen molar-refractivity contribution >= 4 is 30.7 Å². The maximum Gasteiger partial charge on any atom is 0.251 e.